The lowest BCUT2D eigenvalue weighted by Crippen LogP contribution is -2.50. The number of piperazine rings is 1. The van der Waals surface area contributed by atoms with E-state index in [-0.39, 0.29) is 41.7 Å². The number of amides is 1. The zero-order valence-corrected chi connectivity index (χ0v) is 19.0. The zero-order valence-electron chi connectivity index (χ0n) is 15.9. The molecule has 2 aromatic carbocycles. The molecule has 0 aliphatic carbocycles. The van der Waals surface area contributed by atoms with Crippen LogP contribution in [0, 0.1) is 0 Å². The second-order valence-electron chi connectivity index (χ2n) is 6.71. The van der Waals surface area contributed by atoms with Gasteiger partial charge in [-0.15, -0.1) is 0 Å². The van der Waals surface area contributed by atoms with Gasteiger partial charge in [0.15, 0.2) is 0 Å². The average Bonchev–Trinajstić information content (AvgIpc) is 2.69. The molecule has 1 saturated heterocycles. The Kier molecular flexibility index (Phi) is 6.63. The molecule has 1 N–H and O–H groups in total. The van der Waals surface area contributed by atoms with Gasteiger partial charge in [-0.3, -0.25) is 9.52 Å². The van der Waals surface area contributed by atoms with E-state index in [1.54, 1.807) is 0 Å². The molecule has 2 aromatic rings. The number of sulfonamides is 2. The summed E-state index contributed by atoms with van der Waals surface area (Å²) in [5.41, 5.74) is 0.438. The molecule has 162 valence electrons. The number of anilines is 1. The van der Waals surface area contributed by atoms with Crippen LogP contribution in [-0.4, -0.2) is 64.4 Å². The number of rotatable bonds is 5. The van der Waals surface area contributed by atoms with E-state index in [9.17, 15) is 21.6 Å². The van der Waals surface area contributed by atoms with Crippen LogP contribution in [-0.2, 0) is 20.0 Å². The van der Waals surface area contributed by atoms with E-state index in [4.69, 9.17) is 23.2 Å². The number of carbonyl (C=O) groups is 1. The summed E-state index contributed by atoms with van der Waals surface area (Å²) in [6.07, 6.45) is 1.12. The van der Waals surface area contributed by atoms with Gasteiger partial charge in [0.2, 0.25) is 10.0 Å². The molecule has 30 heavy (non-hydrogen) atoms. The molecule has 1 heterocycles. The summed E-state index contributed by atoms with van der Waals surface area (Å²) < 4.78 is 52.5. The molecule has 12 heteroatoms. The van der Waals surface area contributed by atoms with Crippen LogP contribution in [0.5, 0.6) is 0 Å². The molecule has 1 aliphatic rings. The smallest absolute Gasteiger partial charge is 0.263 e. The van der Waals surface area contributed by atoms with Crippen LogP contribution < -0.4 is 4.72 Å². The van der Waals surface area contributed by atoms with Gasteiger partial charge in [0.25, 0.3) is 15.9 Å². The number of carbonyl (C=O) groups excluding carboxylic acids is 1. The monoisotopic (exact) mass is 491 g/mol. The lowest BCUT2D eigenvalue weighted by Gasteiger charge is -2.33. The minimum absolute atomic E-state index is 0.0325. The van der Waals surface area contributed by atoms with Crippen LogP contribution >= 0.6 is 23.2 Å². The van der Waals surface area contributed by atoms with Crippen molar-refractivity contribution in [2.75, 3.05) is 37.2 Å². The van der Waals surface area contributed by atoms with E-state index in [2.05, 4.69) is 4.72 Å². The number of benzene rings is 2. The summed E-state index contributed by atoms with van der Waals surface area (Å²) in [4.78, 5) is 14.1. The third-order valence-corrected chi connectivity index (χ3v) is 7.98. The highest BCUT2D eigenvalue weighted by Gasteiger charge is 2.28. The number of nitrogens with one attached hydrogen (secondary N) is 1. The molecular formula is C18H19Cl2N3O5S2. The third-order valence-electron chi connectivity index (χ3n) is 4.56. The molecule has 0 aromatic heterocycles. The van der Waals surface area contributed by atoms with Crippen molar-refractivity contribution in [3.05, 3.63) is 58.1 Å². The molecule has 0 unspecified atom stereocenters. The maximum Gasteiger partial charge on any atom is 0.263 e. The second-order valence-corrected chi connectivity index (χ2v) is 11.2. The molecule has 1 amide bonds. The molecule has 1 aliphatic heterocycles. The van der Waals surface area contributed by atoms with Gasteiger partial charge in [-0.2, -0.15) is 4.31 Å². The van der Waals surface area contributed by atoms with E-state index in [1.165, 1.54) is 51.7 Å². The largest absolute Gasteiger partial charge is 0.336 e. The highest BCUT2D eigenvalue weighted by Crippen LogP contribution is 2.26. The first-order chi connectivity index (χ1) is 14.0. The average molecular weight is 492 g/mol. The summed E-state index contributed by atoms with van der Waals surface area (Å²) in [5.74, 6) is -0.400. The van der Waals surface area contributed by atoms with Crippen LogP contribution in [0.15, 0.2) is 47.4 Å². The topological polar surface area (TPSA) is 104 Å². The van der Waals surface area contributed by atoms with Crippen LogP contribution in [0.2, 0.25) is 10.0 Å². The first kappa shape index (κ1) is 22.8. The van der Waals surface area contributed by atoms with Gasteiger partial charge in [-0.1, -0.05) is 23.2 Å². The van der Waals surface area contributed by atoms with Crippen molar-refractivity contribution < 1.29 is 21.6 Å². The first-order valence-corrected chi connectivity index (χ1v) is 12.9. The molecule has 1 fully saturated rings. The molecule has 0 spiro atoms. The highest BCUT2D eigenvalue weighted by atomic mass is 35.5. The maximum atomic E-state index is 12.8. The summed E-state index contributed by atoms with van der Waals surface area (Å²) in [6.45, 7) is 0.780. The molecule has 0 radical (unpaired) electrons. The predicted molar refractivity (Wildman–Crippen MR) is 116 cm³/mol. The molecule has 3 rings (SSSR count). The van der Waals surface area contributed by atoms with Crippen molar-refractivity contribution in [3.63, 3.8) is 0 Å². The van der Waals surface area contributed by atoms with Gasteiger partial charge in [-0.25, -0.2) is 16.8 Å². The van der Waals surface area contributed by atoms with Crippen molar-refractivity contribution in [3.8, 4) is 0 Å². The van der Waals surface area contributed by atoms with Crippen molar-refractivity contribution in [2.24, 2.45) is 0 Å². The van der Waals surface area contributed by atoms with Gasteiger partial charge >= 0.3 is 0 Å². The number of halogens is 2. The standard InChI is InChI=1S/C18H19Cl2N3O5S2/c1-29(25,26)23-10-8-22(9-11-23)18(24)13-2-7-16(20)17(12-13)30(27,28)21-15-5-3-14(19)4-6-15/h2-7,12,21H,8-11H2,1H3. The summed E-state index contributed by atoms with van der Waals surface area (Å²) in [7, 11) is -7.38. The van der Waals surface area contributed by atoms with Gasteiger partial charge < -0.3 is 4.90 Å². The Morgan fingerprint density at radius 3 is 2.10 bits per heavy atom. The Morgan fingerprint density at radius 1 is 0.933 bits per heavy atom. The Hall–Kier alpha value is -1.85. The fourth-order valence-corrected chi connectivity index (χ4v) is 5.51. The van der Waals surface area contributed by atoms with Crippen LogP contribution in [0.4, 0.5) is 5.69 Å². The van der Waals surface area contributed by atoms with Crippen LogP contribution in [0.25, 0.3) is 0 Å². The quantitative estimate of drug-likeness (QED) is 0.691. The third kappa shape index (κ3) is 5.25. The summed E-state index contributed by atoms with van der Waals surface area (Å²) in [5, 5.41) is 0.425. The Morgan fingerprint density at radius 2 is 1.53 bits per heavy atom. The lowest BCUT2D eigenvalue weighted by atomic mass is 10.2. The number of nitrogens with zero attached hydrogens (tertiary/aromatic N) is 2. The molecule has 0 atom stereocenters. The van der Waals surface area contributed by atoms with Crippen LogP contribution in [0.1, 0.15) is 10.4 Å². The van der Waals surface area contributed by atoms with E-state index in [1.807, 2.05) is 0 Å². The fraction of sp³-hybridized carbons (Fsp3) is 0.278. The zero-order chi connectivity index (χ0) is 22.1. The van der Waals surface area contributed by atoms with Crippen molar-refractivity contribution in [2.45, 2.75) is 4.90 Å². The summed E-state index contributed by atoms with van der Waals surface area (Å²) in [6, 6.07) is 10.1. The highest BCUT2D eigenvalue weighted by molar-refractivity contribution is 7.92. The Labute approximate surface area is 185 Å². The maximum absolute atomic E-state index is 12.8. The Bertz CT molecular complexity index is 1160. The predicted octanol–water partition coefficient (Wildman–Crippen LogP) is 2.51. The molecule has 0 saturated carbocycles. The second kappa shape index (κ2) is 8.72. The van der Waals surface area contributed by atoms with E-state index >= 15 is 0 Å². The van der Waals surface area contributed by atoms with Gasteiger partial charge in [0, 0.05) is 42.5 Å². The normalized spacial score (nSPS) is 15.8. The first-order valence-electron chi connectivity index (χ1n) is 8.80. The molecular weight excluding hydrogens is 473 g/mol. The van der Waals surface area contributed by atoms with Crippen molar-refractivity contribution >= 4 is 54.8 Å². The minimum Gasteiger partial charge on any atom is -0.336 e. The SMILES string of the molecule is CS(=O)(=O)N1CCN(C(=O)c2ccc(Cl)c(S(=O)(=O)Nc3ccc(Cl)cc3)c2)CC1. The Balaban J connectivity index is 1.81. The number of hydrogen-bond acceptors (Lipinski definition) is 5. The van der Waals surface area contributed by atoms with Gasteiger partial charge in [0.1, 0.15) is 4.90 Å². The van der Waals surface area contributed by atoms with E-state index < -0.39 is 26.0 Å². The van der Waals surface area contributed by atoms with Crippen molar-refractivity contribution in [1.82, 2.24) is 9.21 Å². The molecule has 8 nitrogen and oxygen atoms in total. The lowest BCUT2D eigenvalue weighted by molar-refractivity contribution is 0.0698. The minimum atomic E-state index is -4.06. The van der Waals surface area contributed by atoms with Gasteiger partial charge in [-0.05, 0) is 42.5 Å². The van der Waals surface area contributed by atoms with E-state index in [0.29, 0.717) is 10.7 Å². The summed E-state index contributed by atoms with van der Waals surface area (Å²) >= 11 is 11.9. The van der Waals surface area contributed by atoms with Crippen LogP contribution in [0.3, 0.4) is 0 Å². The van der Waals surface area contributed by atoms with Gasteiger partial charge in [0.05, 0.1) is 11.3 Å². The fourth-order valence-electron chi connectivity index (χ4n) is 2.98. The van der Waals surface area contributed by atoms with Crippen molar-refractivity contribution in [1.29, 1.82) is 0 Å². The van der Waals surface area contributed by atoms with E-state index in [0.717, 1.165) is 6.26 Å². The molecule has 0 bridgehead atoms. The number of hydrogen-bond donors (Lipinski definition) is 1.